The number of methoxy groups -OCH3 is 1. The molecule has 0 aliphatic heterocycles. The smallest absolute Gasteiger partial charge is 0.222 e. The predicted molar refractivity (Wildman–Crippen MR) is 102 cm³/mol. The predicted octanol–water partition coefficient (Wildman–Crippen LogP) is 3.44. The van der Waals surface area contributed by atoms with E-state index in [1.165, 1.54) is 5.56 Å². The number of aromatic amines is 1. The minimum atomic E-state index is 0.0169. The molecule has 2 N–H and O–H groups in total. The number of aromatic nitrogens is 1. The molecule has 3 aromatic rings. The van der Waals surface area contributed by atoms with Crippen molar-refractivity contribution in [2.75, 3.05) is 20.3 Å². The SMILES string of the molecule is COCCC(=O)NCCc1c[nH]c2cc(OCc3ccccc3)ccc12. The number of hydrogen-bond donors (Lipinski definition) is 2. The molecule has 0 atom stereocenters. The molecule has 0 unspecified atom stereocenters. The highest BCUT2D eigenvalue weighted by molar-refractivity contribution is 5.84. The minimum absolute atomic E-state index is 0.0169. The van der Waals surface area contributed by atoms with Crippen molar-refractivity contribution in [1.29, 1.82) is 0 Å². The molecule has 0 saturated heterocycles. The van der Waals surface area contributed by atoms with Gasteiger partial charge in [0.1, 0.15) is 12.4 Å². The highest BCUT2D eigenvalue weighted by Crippen LogP contribution is 2.24. The Balaban J connectivity index is 1.56. The lowest BCUT2D eigenvalue weighted by Crippen LogP contribution is -2.26. The zero-order valence-corrected chi connectivity index (χ0v) is 15.0. The third-order valence-electron chi connectivity index (χ3n) is 4.24. The van der Waals surface area contributed by atoms with Gasteiger partial charge in [0, 0.05) is 43.2 Å². The van der Waals surface area contributed by atoms with E-state index in [1.807, 2.05) is 48.7 Å². The average Bonchev–Trinajstić information content (AvgIpc) is 3.08. The number of ether oxygens (including phenoxy) is 2. The maximum absolute atomic E-state index is 11.6. The van der Waals surface area contributed by atoms with Gasteiger partial charge in [0.05, 0.1) is 6.61 Å². The first-order valence-corrected chi connectivity index (χ1v) is 8.78. The summed E-state index contributed by atoms with van der Waals surface area (Å²) >= 11 is 0. The highest BCUT2D eigenvalue weighted by Gasteiger charge is 2.06. The summed E-state index contributed by atoms with van der Waals surface area (Å²) < 4.78 is 10.8. The topological polar surface area (TPSA) is 63.3 Å². The Kier molecular flexibility index (Phi) is 6.28. The van der Waals surface area contributed by atoms with E-state index in [4.69, 9.17) is 9.47 Å². The summed E-state index contributed by atoms with van der Waals surface area (Å²) in [5.41, 5.74) is 3.36. The number of carbonyl (C=O) groups is 1. The van der Waals surface area contributed by atoms with Gasteiger partial charge in [-0.3, -0.25) is 4.79 Å². The fraction of sp³-hybridized carbons (Fsp3) is 0.286. The largest absolute Gasteiger partial charge is 0.489 e. The Morgan fingerprint density at radius 1 is 1.15 bits per heavy atom. The van der Waals surface area contributed by atoms with Crippen molar-refractivity contribution in [1.82, 2.24) is 10.3 Å². The third kappa shape index (κ3) is 4.86. The third-order valence-corrected chi connectivity index (χ3v) is 4.24. The van der Waals surface area contributed by atoms with E-state index in [-0.39, 0.29) is 5.91 Å². The number of H-pyrrole nitrogens is 1. The second-order valence-electron chi connectivity index (χ2n) is 6.14. The van der Waals surface area contributed by atoms with E-state index in [9.17, 15) is 4.79 Å². The number of carbonyl (C=O) groups excluding carboxylic acids is 1. The van der Waals surface area contributed by atoms with Crippen LogP contribution in [0.3, 0.4) is 0 Å². The number of amides is 1. The molecule has 0 spiro atoms. The van der Waals surface area contributed by atoms with Crippen LogP contribution in [0, 0.1) is 0 Å². The number of benzene rings is 2. The molecule has 0 fully saturated rings. The van der Waals surface area contributed by atoms with Crippen molar-refractivity contribution >= 4 is 16.8 Å². The van der Waals surface area contributed by atoms with Crippen molar-refractivity contribution in [3.8, 4) is 5.75 Å². The van der Waals surface area contributed by atoms with Gasteiger partial charge in [0.2, 0.25) is 5.91 Å². The van der Waals surface area contributed by atoms with Crippen molar-refractivity contribution in [3.05, 3.63) is 65.9 Å². The van der Waals surface area contributed by atoms with Gasteiger partial charge >= 0.3 is 0 Å². The summed E-state index contributed by atoms with van der Waals surface area (Å²) in [6.45, 7) is 1.61. The molecular formula is C21H24N2O3. The first kappa shape index (κ1) is 18.0. The summed E-state index contributed by atoms with van der Waals surface area (Å²) in [6, 6.07) is 16.2. The van der Waals surface area contributed by atoms with E-state index in [0.29, 0.717) is 26.2 Å². The molecule has 26 heavy (non-hydrogen) atoms. The van der Waals surface area contributed by atoms with Gasteiger partial charge in [0.15, 0.2) is 0 Å². The Morgan fingerprint density at radius 2 is 2.00 bits per heavy atom. The minimum Gasteiger partial charge on any atom is -0.489 e. The summed E-state index contributed by atoms with van der Waals surface area (Å²) in [5.74, 6) is 0.853. The average molecular weight is 352 g/mol. The summed E-state index contributed by atoms with van der Waals surface area (Å²) in [4.78, 5) is 14.9. The summed E-state index contributed by atoms with van der Waals surface area (Å²) in [7, 11) is 1.59. The fourth-order valence-electron chi connectivity index (χ4n) is 2.82. The summed E-state index contributed by atoms with van der Waals surface area (Å²) in [6.07, 6.45) is 3.17. The second-order valence-corrected chi connectivity index (χ2v) is 6.14. The quantitative estimate of drug-likeness (QED) is 0.620. The van der Waals surface area contributed by atoms with Crippen LogP contribution in [0.1, 0.15) is 17.5 Å². The standard InChI is InChI=1S/C21H24N2O3/c1-25-12-10-21(24)22-11-9-17-14-23-20-13-18(7-8-19(17)20)26-15-16-5-3-2-4-6-16/h2-8,13-14,23H,9-12,15H2,1H3,(H,22,24). The zero-order valence-electron chi connectivity index (χ0n) is 15.0. The van der Waals surface area contributed by atoms with Gasteiger partial charge in [0.25, 0.3) is 0 Å². The molecule has 0 saturated carbocycles. The molecule has 1 aromatic heterocycles. The normalized spacial score (nSPS) is 10.8. The first-order valence-electron chi connectivity index (χ1n) is 8.78. The van der Waals surface area contributed by atoms with E-state index >= 15 is 0 Å². The molecule has 1 amide bonds. The van der Waals surface area contributed by atoms with Gasteiger partial charge in [-0.2, -0.15) is 0 Å². The molecule has 5 nitrogen and oxygen atoms in total. The van der Waals surface area contributed by atoms with Crippen molar-refractivity contribution in [3.63, 3.8) is 0 Å². The Bertz CT molecular complexity index is 843. The van der Waals surface area contributed by atoms with Gasteiger partial charge in [-0.05, 0) is 29.7 Å². The molecule has 0 aliphatic carbocycles. The molecule has 136 valence electrons. The Labute approximate surface area is 153 Å². The Hall–Kier alpha value is -2.79. The number of rotatable bonds is 9. The number of fused-ring (bicyclic) bond motifs is 1. The van der Waals surface area contributed by atoms with Crippen LogP contribution >= 0.6 is 0 Å². The molecule has 2 aromatic carbocycles. The van der Waals surface area contributed by atoms with Crippen molar-refractivity contribution in [2.45, 2.75) is 19.4 Å². The molecule has 0 aliphatic rings. The lowest BCUT2D eigenvalue weighted by Gasteiger charge is -2.07. The monoisotopic (exact) mass is 352 g/mol. The second kappa shape index (κ2) is 9.06. The molecule has 1 heterocycles. The zero-order chi connectivity index (χ0) is 18.2. The van der Waals surface area contributed by atoms with Gasteiger partial charge < -0.3 is 19.8 Å². The fourth-order valence-corrected chi connectivity index (χ4v) is 2.82. The molecule has 0 radical (unpaired) electrons. The van der Waals surface area contributed by atoms with Gasteiger partial charge in [-0.25, -0.2) is 0 Å². The number of hydrogen-bond acceptors (Lipinski definition) is 3. The van der Waals surface area contributed by atoms with Crippen LogP contribution in [0.2, 0.25) is 0 Å². The summed E-state index contributed by atoms with van der Waals surface area (Å²) in [5, 5.41) is 4.07. The van der Waals surface area contributed by atoms with Crippen molar-refractivity contribution in [2.24, 2.45) is 0 Å². The van der Waals surface area contributed by atoms with E-state index in [1.54, 1.807) is 7.11 Å². The van der Waals surface area contributed by atoms with E-state index in [0.717, 1.165) is 28.6 Å². The van der Waals surface area contributed by atoms with E-state index in [2.05, 4.69) is 16.4 Å². The lowest BCUT2D eigenvalue weighted by molar-refractivity contribution is -0.121. The maximum Gasteiger partial charge on any atom is 0.222 e. The van der Waals surface area contributed by atoms with Crippen LogP contribution in [0.5, 0.6) is 5.75 Å². The van der Waals surface area contributed by atoms with Crippen LogP contribution in [-0.2, 0) is 22.6 Å². The van der Waals surface area contributed by atoms with Crippen LogP contribution in [0.15, 0.2) is 54.7 Å². The molecule has 5 heteroatoms. The highest BCUT2D eigenvalue weighted by atomic mass is 16.5. The van der Waals surface area contributed by atoms with Gasteiger partial charge in [-0.1, -0.05) is 30.3 Å². The molecule has 3 rings (SSSR count). The van der Waals surface area contributed by atoms with Crippen LogP contribution < -0.4 is 10.1 Å². The van der Waals surface area contributed by atoms with Crippen LogP contribution in [0.25, 0.3) is 10.9 Å². The van der Waals surface area contributed by atoms with E-state index < -0.39 is 0 Å². The molecule has 0 bridgehead atoms. The lowest BCUT2D eigenvalue weighted by atomic mass is 10.1. The van der Waals surface area contributed by atoms with Crippen LogP contribution in [-0.4, -0.2) is 31.2 Å². The number of nitrogens with one attached hydrogen (secondary N) is 2. The molecular weight excluding hydrogens is 328 g/mol. The first-order chi connectivity index (χ1) is 12.8. The Morgan fingerprint density at radius 3 is 2.81 bits per heavy atom. The van der Waals surface area contributed by atoms with Gasteiger partial charge in [-0.15, -0.1) is 0 Å². The maximum atomic E-state index is 11.6. The van der Waals surface area contributed by atoms with Crippen molar-refractivity contribution < 1.29 is 14.3 Å². The van der Waals surface area contributed by atoms with Crippen LogP contribution in [0.4, 0.5) is 0 Å².